The lowest BCUT2D eigenvalue weighted by Crippen LogP contribution is -2.48. The summed E-state index contributed by atoms with van der Waals surface area (Å²) in [4.78, 5) is 23.2. The minimum absolute atomic E-state index is 0.0214. The van der Waals surface area contributed by atoms with Gasteiger partial charge in [-0.3, -0.25) is 9.59 Å². The first-order valence-corrected chi connectivity index (χ1v) is 7.21. The van der Waals surface area contributed by atoms with E-state index in [0.29, 0.717) is 18.3 Å². The van der Waals surface area contributed by atoms with Gasteiger partial charge in [0.2, 0.25) is 11.8 Å². The van der Waals surface area contributed by atoms with Gasteiger partial charge in [-0.2, -0.15) is 0 Å². The number of carbonyl (C=O) groups excluding carboxylic acids is 2. The summed E-state index contributed by atoms with van der Waals surface area (Å²) in [5.74, 6) is 0.359. The van der Waals surface area contributed by atoms with Crippen LogP contribution in [0.3, 0.4) is 0 Å². The second-order valence-electron chi connectivity index (χ2n) is 5.98. The highest BCUT2D eigenvalue weighted by Crippen LogP contribution is 2.22. The zero-order valence-electron chi connectivity index (χ0n) is 12.2. The minimum atomic E-state index is -0.566. The fourth-order valence-electron chi connectivity index (χ4n) is 2.62. The molecule has 1 rings (SSSR count). The summed E-state index contributed by atoms with van der Waals surface area (Å²) < 4.78 is 0. The Bertz CT molecular complexity index is 312. The Morgan fingerprint density at radius 3 is 2.53 bits per heavy atom. The minimum Gasteiger partial charge on any atom is -0.368 e. The van der Waals surface area contributed by atoms with Gasteiger partial charge in [0.15, 0.2) is 0 Å². The van der Waals surface area contributed by atoms with Crippen LogP contribution in [0.2, 0.25) is 0 Å². The van der Waals surface area contributed by atoms with Gasteiger partial charge < -0.3 is 16.4 Å². The van der Waals surface area contributed by atoms with Gasteiger partial charge in [0.25, 0.3) is 0 Å². The van der Waals surface area contributed by atoms with Gasteiger partial charge in [0.05, 0.1) is 0 Å². The van der Waals surface area contributed by atoms with Gasteiger partial charge in [-0.15, -0.1) is 0 Å². The summed E-state index contributed by atoms with van der Waals surface area (Å²) in [7, 11) is 0. The van der Waals surface area contributed by atoms with Crippen molar-refractivity contribution in [1.82, 2.24) is 10.6 Å². The first-order valence-electron chi connectivity index (χ1n) is 7.21. The van der Waals surface area contributed by atoms with Crippen molar-refractivity contribution < 1.29 is 9.59 Å². The molecule has 110 valence electrons. The fourth-order valence-corrected chi connectivity index (χ4v) is 2.62. The second kappa shape index (κ2) is 7.48. The highest BCUT2D eigenvalue weighted by molar-refractivity contribution is 5.86. The van der Waals surface area contributed by atoms with Crippen molar-refractivity contribution in [2.45, 2.75) is 46.1 Å². The maximum atomic E-state index is 12.0. The number of nitrogens with one attached hydrogen (secondary N) is 2. The SMILES string of the molecule is CC(C)C(NC(=O)CC(C)C1CCCNC1)C(N)=O. The van der Waals surface area contributed by atoms with Crippen molar-refractivity contribution in [2.75, 3.05) is 13.1 Å². The molecule has 1 heterocycles. The Hall–Kier alpha value is -1.10. The average Bonchev–Trinajstić information content (AvgIpc) is 2.36. The summed E-state index contributed by atoms with van der Waals surface area (Å²) in [6.45, 7) is 7.92. The van der Waals surface area contributed by atoms with Crippen molar-refractivity contribution in [3.8, 4) is 0 Å². The van der Waals surface area contributed by atoms with E-state index in [4.69, 9.17) is 5.73 Å². The highest BCUT2D eigenvalue weighted by Gasteiger charge is 2.25. The smallest absolute Gasteiger partial charge is 0.240 e. The first-order chi connectivity index (χ1) is 8.91. The van der Waals surface area contributed by atoms with Crippen LogP contribution in [0.5, 0.6) is 0 Å². The first kappa shape index (κ1) is 16.0. The molecule has 5 heteroatoms. The van der Waals surface area contributed by atoms with Crippen molar-refractivity contribution in [3.63, 3.8) is 0 Å². The molecule has 0 aliphatic carbocycles. The number of carbonyl (C=O) groups is 2. The Labute approximate surface area is 115 Å². The number of primary amides is 1. The Kier molecular flexibility index (Phi) is 6.28. The van der Waals surface area contributed by atoms with Crippen molar-refractivity contribution in [1.29, 1.82) is 0 Å². The maximum absolute atomic E-state index is 12.0. The van der Waals surface area contributed by atoms with E-state index in [1.807, 2.05) is 13.8 Å². The van der Waals surface area contributed by atoms with E-state index in [-0.39, 0.29) is 11.8 Å². The van der Waals surface area contributed by atoms with Gasteiger partial charge in [0, 0.05) is 6.42 Å². The monoisotopic (exact) mass is 269 g/mol. The third-order valence-electron chi connectivity index (χ3n) is 3.94. The average molecular weight is 269 g/mol. The zero-order valence-corrected chi connectivity index (χ0v) is 12.2. The lowest BCUT2D eigenvalue weighted by atomic mass is 9.85. The van der Waals surface area contributed by atoms with Gasteiger partial charge >= 0.3 is 0 Å². The van der Waals surface area contributed by atoms with Crippen LogP contribution in [-0.4, -0.2) is 30.9 Å². The molecule has 0 spiro atoms. The summed E-state index contributed by atoms with van der Waals surface area (Å²) in [6, 6.07) is -0.566. The lowest BCUT2D eigenvalue weighted by molar-refractivity contribution is -0.129. The molecule has 2 amide bonds. The molecule has 0 saturated carbocycles. The molecule has 19 heavy (non-hydrogen) atoms. The van der Waals surface area contributed by atoms with Crippen LogP contribution >= 0.6 is 0 Å². The number of hydrogen-bond donors (Lipinski definition) is 3. The van der Waals surface area contributed by atoms with E-state index in [9.17, 15) is 9.59 Å². The van der Waals surface area contributed by atoms with E-state index >= 15 is 0 Å². The summed E-state index contributed by atoms with van der Waals surface area (Å²) in [5, 5.41) is 6.11. The fraction of sp³-hybridized carbons (Fsp3) is 0.857. The molecule has 1 aliphatic rings. The van der Waals surface area contributed by atoms with Gasteiger partial charge in [-0.05, 0) is 43.7 Å². The third-order valence-corrected chi connectivity index (χ3v) is 3.94. The second-order valence-corrected chi connectivity index (χ2v) is 5.98. The standard InChI is InChI=1S/C14H27N3O2/c1-9(2)13(14(15)19)17-12(18)7-10(3)11-5-4-6-16-8-11/h9-11,13,16H,4-8H2,1-3H3,(H2,15,19)(H,17,18). The predicted molar refractivity (Wildman–Crippen MR) is 75.3 cm³/mol. The van der Waals surface area contributed by atoms with Crippen LogP contribution in [0, 0.1) is 17.8 Å². The largest absolute Gasteiger partial charge is 0.368 e. The molecule has 0 radical (unpaired) electrons. The molecule has 1 aliphatic heterocycles. The molecule has 3 unspecified atom stereocenters. The van der Waals surface area contributed by atoms with E-state index in [1.165, 1.54) is 12.8 Å². The summed E-state index contributed by atoms with van der Waals surface area (Å²) in [6.07, 6.45) is 2.81. The van der Waals surface area contributed by atoms with Gasteiger partial charge in [-0.25, -0.2) is 0 Å². The van der Waals surface area contributed by atoms with Crippen molar-refractivity contribution in [2.24, 2.45) is 23.5 Å². The van der Waals surface area contributed by atoms with E-state index in [0.717, 1.165) is 13.1 Å². The summed E-state index contributed by atoms with van der Waals surface area (Å²) >= 11 is 0. The molecule has 4 N–H and O–H groups in total. The van der Waals surface area contributed by atoms with E-state index in [1.54, 1.807) is 0 Å². The van der Waals surface area contributed by atoms with Crippen LogP contribution in [0.15, 0.2) is 0 Å². The van der Waals surface area contributed by atoms with Crippen molar-refractivity contribution in [3.05, 3.63) is 0 Å². The Morgan fingerprint density at radius 1 is 1.37 bits per heavy atom. The molecular weight excluding hydrogens is 242 g/mol. The molecule has 0 aromatic heterocycles. The Balaban J connectivity index is 2.42. The van der Waals surface area contributed by atoms with Gasteiger partial charge in [-0.1, -0.05) is 20.8 Å². The van der Waals surface area contributed by atoms with Crippen LogP contribution < -0.4 is 16.4 Å². The molecule has 3 atom stereocenters. The Morgan fingerprint density at radius 2 is 2.05 bits per heavy atom. The number of amides is 2. The number of hydrogen-bond acceptors (Lipinski definition) is 3. The highest BCUT2D eigenvalue weighted by atomic mass is 16.2. The molecular formula is C14H27N3O2. The topological polar surface area (TPSA) is 84.2 Å². The van der Waals surface area contributed by atoms with Crippen molar-refractivity contribution >= 4 is 11.8 Å². The number of nitrogens with two attached hydrogens (primary N) is 1. The zero-order chi connectivity index (χ0) is 14.4. The molecule has 1 fully saturated rings. The molecule has 0 bridgehead atoms. The molecule has 1 saturated heterocycles. The molecule has 0 aromatic rings. The number of piperidine rings is 1. The molecule has 0 aromatic carbocycles. The van der Waals surface area contributed by atoms with E-state index < -0.39 is 11.9 Å². The van der Waals surface area contributed by atoms with Gasteiger partial charge in [0.1, 0.15) is 6.04 Å². The van der Waals surface area contributed by atoms with Crippen LogP contribution in [0.25, 0.3) is 0 Å². The summed E-state index contributed by atoms with van der Waals surface area (Å²) in [5.41, 5.74) is 5.30. The normalized spacial score (nSPS) is 22.8. The quantitative estimate of drug-likeness (QED) is 0.661. The van der Waals surface area contributed by atoms with Crippen LogP contribution in [-0.2, 0) is 9.59 Å². The van der Waals surface area contributed by atoms with Crippen LogP contribution in [0.4, 0.5) is 0 Å². The lowest BCUT2D eigenvalue weighted by Gasteiger charge is -2.28. The predicted octanol–water partition coefficient (Wildman–Crippen LogP) is 0.638. The third kappa shape index (κ3) is 5.19. The maximum Gasteiger partial charge on any atom is 0.240 e. The molecule has 5 nitrogen and oxygen atoms in total. The number of rotatable bonds is 6. The van der Waals surface area contributed by atoms with E-state index in [2.05, 4.69) is 17.6 Å². The van der Waals surface area contributed by atoms with Crippen LogP contribution in [0.1, 0.15) is 40.0 Å².